The first-order valence-corrected chi connectivity index (χ1v) is 5.45. The maximum Gasteiger partial charge on any atom is 0.229 e. The largest absolute Gasteiger partial charge is 0.326 e. The van der Waals surface area contributed by atoms with Gasteiger partial charge in [-0.2, -0.15) is 0 Å². The Kier molecular flexibility index (Phi) is 3.70. The predicted molar refractivity (Wildman–Crippen MR) is 67.2 cm³/mol. The van der Waals surface area contributed by atoms with E-state index in [1.807, 2.05) is 45.9 Å². The Morgan fingerprint density at radius 2 is 2.00 bits per heavy atom. The molecule has 1 aromatic carbocycles. The Bertz CT molecular complexity index is 391. The fourth-order valence-electron chi connectivity index (χ4n) is 1.29. The van der Waals surface area contributed by atoms with E-state index in [0.29, 0.717) is 6.54 Å². The summed E-state index contributed by atoms with van der Waals surface area (Å²) in [6.07, 6.45) is 0. The molecule has 0 atom stereocenters. The van der Waals surface area contributed by atoms with Crippen molar-refractivity contribution in [3.8, 4) is 0 Å². The highest BCUT2D eigenvalue weighted by atomic mass is 16.2. The summed E-state index contributed by atoms with van der Waals surface area (Å²) in [5.74, 6) is 0.0133. The van der Waals surface area contributed by atoms with Crippen LogP contribution in [0.1, 0.15) is 31.9 Å². The van der Waals surface area contributed by atoms with Gasteiger partial charge in [0.15, 0.2) is 0 Å². The zero-order chi connectivity index (χ0) is 12.3. The smallest absolute Gasteiger partial charge is 0.229 e. The molecule has 3 heteroatoms. The molecule has 0 saturated heterocycles. The van der Waals surface area contributed by atoms with Gasteiger partial charge < -0.3 is 11.1 Å². The zero-order valence-electron chi connectivity index (χ0n) is 10.4. The van der Waals surface area contributed by atoms with Gasteiger partial charge >= 0.3 is 0 Å². The lowest BCUT2D eigenvalue weighted by molar-refractivity contribution is -0.123. The minimum atomic E-state index is -0.381. The first kappa shape index (κ1) is 12.7. The third-order valence-electron chi connectivity index (χ3n) is 2.51. The molecule has 0 saturated carbocycles. The van der Waals surface area contributed by atoms with Gasteiger partial charge in [0.1, 0.15) is 0 Å². The fraction of sp³-hybridized carbons (Fsp3) is 0.462. The van der Waals surface area contributed by atoms with Gasteiger partial charge in [0.05, 0.1) is 0 Å². The van der Waals surface area contributed by atoms with Crippen LogP contribution in [0.25, 0.3) is 0 Å². The van der Waals surface area contributed by atoms with E-state index in [2.05, 4.69) is 5.32 Å². The van der Waals surface area contributed by atoms with Crippen LogP contribution in [-0.4, -0.2) is 5.91 Å². The van der Waals surface area contributed by atoms with Crippen molar-refractivity contribution in [1.82, 2.24) is 0 Å². The van der Waals surface area contributed by atoms with E-state index in [1.165, 1.54) is 0 Å². The van der Waals surface area contributed by atoms with Crippen LogP contribution in [0.3, 0.4) is 0 Å². The molecule has 0 aliphatic heterocycles. The highest BCUT2D eigenvalue weighted by Crippen LogP contribution is 2.19. The predicted octanol–water partition coefficient (Wildman–Crippen LogP) is 2.44. The Labute approximate surface area is 97.0 Å². The summed E-state index contributed by atoms with van der Waals surface area (Å²) < 4.78 is 0. The standard InChI is InChI=1S/C13H20N2O/c1-9-5-6-11(7-10(9)8-14)15-12(16)13(2,3)4/h5-7H,8,14H2,1-4H3,(H,15,16). The lowest BCUT2D eigenvalue weighted by Gasteiger charge is -2.18. The third kappa shape index (κ3) is 3.07. The maximum absolute atomic E-state index is 11.8. The van der Waals surface area contributed by atoms with Crippen molar-refractivity contribution in [3.63, 3.8) is 0 Å². The summed E-state index contributed by atoms with van der Waals surface area (Å²) >= 11 is 0. The highest BCUT2D eigenvalue weighted by Gasteiger charge is 2.21. The molecule has 3 nitrogen and oxygen atoms in total. The van der Waals surface area contributed by atoms with Crippen LogP contribution < -0.4 is 11.1 Å². The number of hydrogen-bond donors (Lipinski definition) is 2. The molecule has 0 heterocycles. The van der Waals surface area contributed by atoms with E-state index in [1.54, 1.807) is 0 Å². The van der Waals surface area contributed by atoms with Crippen LogP contribution in [-0.2, 0) is 11.3 Å². The molecule has 0 spiro atoms. The lowest BCUT2D eigenvalue weighted by atomic mass is 9.95. The molecule has 0 aliphatic carbocycles. The normalized spacial score (nSPS) is 11.3. The SMILES string of the molecule is Cc1ccc(NC(=O)C(C)(C)C)cc1CN. The van der Waals surface area contributed by atoms with E-state index < -0.39 is 0 Å². The zero-order valence-corrected chi connectivity index (χ0v) is 10.4. The minimum Gasteiger partial charge on any atom is -0.326 e. The molecular formula is C13H20N2O. The van der Waals surface area contributed by atoms with E-state index in [0.717, 1.165) is 16.8 Å². The van der Waals surface area contributed by atoms with Crippen molar-refractivity contribution in [2.45, 2.75) is 34.2 Å². The molecule has 1 amide bonds. The maximum atomic E-state index is 11.8. The first-order valence-electron chi connectivity index (χ1n) is 5.45. The number of rotatable bonds is 2. The number of hydrogen-bond acceptors (Lipinski definition) is 2. The summed E-state index contributed by atoms with van der Waals surface area (Å²) in [7, 11) is 0. The molecule has 0 aliphatic rings. The summed E-state index contributed by atoms with van der Waals surface area (Å²) in [5, 5.41) is 2.89. The molecule has 0 bridgehead atoms. The van der Waals surface area contributed by atoms with Gasteiger partial charge in [0.25, 0.3) is 0 Å². The molecule has 0 radical (unpaired) electrons. The quantitative estimate of drug-likeness (QED) is 0.804. The van der Waals surface area contributed by atoms with Crippen LogP contribution in [0, 0.1) is 12.3 Å². The van der Waals surface area contributed by atoms with Crippen LogP contribution in [0.4, 0.5) is 5.69 Å². The van der Waals surface area contributed by atoms with Crippen molar-refractivity contribution >= 4 is 11.6 Å². The molecule has 1 aromatic rings. The Morgan fingerprint density at radius 1 is 1.38 bits per heavy atom. The Morgan fingerprint density at radius 3 is 2.50 bits per heavy atom. The molecule has 0 fully saturated rings. The summed E-state index contributed by atoms with van der Waals surface area (Å²) in [4.78, 5) is 11.8. The van der Waals surface area contributed by atoms with Gasteiger partial charge in [-0.15, -0.1) is 0 Å². The molecule has 0 unspecified atom stereocenters. The number of anilines is 1. The Balaban J connectivity index is 2.87. The summed E-state index contributed by atoms with van der Waals surface area (Å²) in [6.45, 7) is 8.17. The fourth-order valence-corrected chi connectivity index (χ4v) is 1.29. The molecular weight excluding hydrogens is 200 g/mol. The van der Waals surface area contributed by atoms with E-state index in [-0.39, 0.29) is 11.3 Å². The number of amides is 1. The number of carbonyl (C=O) groups excluding carboxylic acids is 1. The average molecular weight is 220 g/mol. The summed E-state index contributed by atoms with van der Waals surface area (Å²) in [6, 6.07) is 5.80. The lowest BCUT2D eigenvalue weighted by Crippen LogP contribution is -2.27. The van der Waals surface area contributed by atoms with Gasteiger partial charge in [-0.1, -0.05) is 26.8 Å². The van der Waals surface area contributed by atoms with Crippen molar-refractivity contribution in [3.05, 3.63) is 29.3 Å². The van der Waals surface area contributed by atoms with Crippen molar-refractivity contribution in [2.24, 2.45) is 11.1 Å². The van der Waals surface area contributed by atoms with Crippen LogP contribution >= 0.6 is 0 Å². The van der Waals surface area contributed by atoms with Gasteiger partial charge in [-0.3, -0.25) is 4.79 Å². The van der Waals surface area contributed by atoms with Crippen molar-refractivity contribution < 1.29 is 4.79 Å². The number of aryl methyl sites for hydroxylation is 1. The highest BCUT2D eigenvalue weighted by molar-refractivity contribution is 5.94. The van der Waals surface area contributed by atoms with Crippen LogP contribution in [0.2, 0.25) is 0 Å². The van der Waals surface area contributed by atoms with E-state index in [4.69, 9.17) is 5.73 Å². The van der Waals surface area contributed by atoms with Crippen LogP contribution in [0.5, 0.6) is 0 Å². The van der Waals surface area contributed by atoms with Gasteiger partial charge in [0.2, 0.25) is 5.91 Å². The van der Waals surface area contributed by atoms with Crippen molar-refractivity contribution in [2.75, 3.05) is 5.32 Å². The van der Waals surface area contributed by atoms with Gasteiger partial charge in [0, 0.05) is 17.6 Å². The molecule has 88 valence electrons. The second kappa shape index (κ2) is 4.66. The molecule has 1 rings (SSSR count). The van der Waals surface area contributed by atoms with Gasteiger partial charge in [-0.25, -0.2) is 0 Å². The van der Waals surface area contributed by atoms with Crippen molar-refractivity contribution in [1.29, 1.82) is 0 Å². The topological polar surface area (TPSA) is 55.1 Å². The monoisotopic (exact) mass is 220 g/mol. The summed E-state index contributed by atoms with van der Waals surface area (Å²) in [5.41, 5.74) is 8.26. The molecule has 16 heavy (non-hydrogen) atoms. The number of benzene rings is 1. The van der Waals surface area contributed by atoms with Gasteiger partial charge in [-0.05, 0) is 30.2 Å². The Hall–Kier alpha value is -1.35. The second-order valence-corrected chi connectivity index (χ2v) is 5.05. The molecule has 0 aromatic heterocycles. The van der Waals surface area contributed by atoms with E-state index >= 15 is 0 Å². The molecule has 3 N–H and O–H groups in total. The number of carbonyl (C=O) groups is 1. The third-order valence-corrected chi connectivity index (χ3v) is 2.51. The number of nitrogens with one attached hydrogen (secondary N) is 1. The average Bonchev–Trinajstić information content (AvgIpc) is 2.19. The minimum absolute atomic E-state index is 0.0133. The van der Waals surface area contributed by atoms with Crippen LogP contribution in [0.15, 0.2) is 18.2 Å². The second-order valence-electron chi connectivity index (χ2n) is 5.05. The number of nitrogens with two attached hydrogens (primary N) is 1. The van der Waals surface area contributed by atoms with E-state index in [9.17, 15) is 4.79 Å². The first-order chi connectivity index (χ1) is 7.34.